The summed E-state index contributed by atoms with van der Waals surface area (Å²) < 4.78 is 63.7. The van der Waals surface area contributed by atoms with E-state index in [0.29, 0.717) is 0 Å². The smallest absolute Gasteiger partial charge is 0.323 e. The summed E-state index contributed by atoms with van der Waals surface area (Å²) in [6, 6.07) is 14.3. The third-order valence-electron chi connectivity index (χ3n) is 5.38. The summed E-state index contributed by atoms with van der Waals surface area (Å²) in [6.07, 6.45) is 0.0841. The van der Waals surface area contributed by atoms with E-state index >= 15 is 0 Å². The van der Waals surface area contributed by atoms with Gasteiger partial charge < -0.3 is 9.47 Å². The van der Waals surface area contributed by atoms with Gasteiger partial charge in [-0.25, -0.2) is 16.8 Å². The van der Waals surface area contributed by atoms with Gasteiger partial charge in [0.25, 0.3) is 0 Å². The van der Waals surface area contributed by atoms with Crippen molar-refractivity contribution in [3.8, 4) is 0 Å². The average Bonchev–Trinajstić information content (AvgIpc) is 2.86. The van der Waals surface area contributed by atoms with Crippen LogP contribution in [0.15, 0.2) is 94.6 Å². The largest absolute Gasteiger partial charge is 0.468 e. The average molecular weight is 507 g/mol. The topological polar surface area (TPSA) is 121 Å². The van der Waals surface area contributed by atoms with Crippen molar-refractivity contribution in [3.63, 3.8) is 0 Å². The van der Waals surface area contributed by atoms with Crippen molar-refractivity contribution in [3.05, 3.63) is 84.8 Å². The van der Waals surface area contributed by atoms with Crippen LogP contribution in [0.5, 0.6) is 0 Å². The van der Waals surface area contributed by atoms with Gasteiger partial charge in [-0.15, -0.1) is 6.58 Å². The van der Waals surface area contributed by atoms with E-state index < -0.39 is 53.6 Å². The van der Waals surface area contributed by atoms with Gasteiger partial charge in [-0.3, -0.25) is 9.59 Å². The van der Waals surface area contributed by atoms with E-state index in [1.165, 1.54) is 54.6 Å². The molecule has 0 amide bonds. The van der Waals surface area contributed by atoms with Crippen molar-refractivity contribution in [1.82, 2.24) is 0 Å². The lowest BCUT2D eigenvalue weighted by molar-refractivity contribution is -0.169. The van der Waals surface area contributed by atoms with Crippen LogP contribution in [-0.4, -0.2) is 48.2 Å². The summed E-state index contributed by atoms with van der Waals surface area (Å²) in [6.45, 7) is 7.15. The SMILES string of the molecule is C=CCC(CC(C(=C)S(=O)(=O)c1ccccc1)S(=O)(=O)c1ccccc1)(C(=O)OC)C(=O)OC. The van der Waals surface area contributed by atoms with Crippen LogP contribution in [0.2, 0.25) is 0 Å². The summed E-state index contributed by atoms with van der Waals surface area (Å²) in [7, 11) is -6.79. The molecule has 0 saturated heterocycles. The first-order valence-corrected chi connectivity index (χ1v) is 13.1. The molecular formula is C24H26O8S2. The predicted octanol–water partition coefficient (Wildman–Crippen LogP) is 3.12. The minimum Gasteiger partial charge on any atom is -0.468 e. The Kier molecular flexibility index (Phi) is 8.57. The zero-order chi connectivity index (χ0) is 25.6. The van der Waals surface area contributed by atoms with Crippen LogP contribution in [0.1, 0.15) is 12.8 Å². The Morgan fingerprint density at radius 2 is 1.32 bits per heavy atom. The van der Waals surface area contributed by atoms with Crippen LogP contribution in [0.25, 0.3) is 0 Å². The lowest BCUT2D eigenvalue weighted by Crippen LogP contribution is -2.46. The zero-order valence-electron chi connectivity index (χ0n) is 18.8. The van der Waals surface area contributed by atoms with E-state index in [1.807, 2.05) is 0 Å². The Hall–Kier alpha value is -3.24. The van der Waals surface area contributed by atoms with Crippen LogP contribution in [0, 0.1) is 5.41 Å². The number of sulfone groups is 2. The first-order chi connectivity index (χ1) is 16.0. The molecule has 0 heterocycles. The third kappa shape index (κ3) is 5.13. The highest BCUT2D eigenvalue weighted by atomic mass is 32.2. The minimum atomic E-state index is -4.45. The number of benzene rings is 2. The summed E-state index contributed by atoms with van der Waals surface area (Å²) >= 11 is 0. The molecule has 0 aliphatic heterocycles. The second-order valence-electron chi connectivity index (χ2n) is 7.39. The van der Waals surface area contributed by atoms with E-state index in [0.717, 1.165) is 14.2 Å². The molecule has 0 saturated carbocycles. The second-order valence-corrected chi connectivity index (χ2v) is 11.5. The molecule has 0 N–H and O–H groups in total. The molecule has 1 atom stereocenters. The quantitative estimate of drug-likeness (QED) is 0.259. The highest BCUT2D eigenvalue weighted by Gasteiger charge is 2.53. The van der Waals surface area contributed by atoms with Gasteiger partial charge in [-0.2, -0.15) is 0 Å². The highest BCUT2D eigenvalue weighted by molar-refractivity contribution is 7.98. The molecule has 0 aliphatic rings. The number of allylic oxidation sites excluding steroid dienone is 1. The number of ether oxygens (including phenoxy) is 2. The molecule has 8 nitrogen and oxygen atoms in total. The fourth-order valence-corrected chi connectivity index (χ4v) is 7.27. The van der Waals surface area contributed by atoms with Crippen molar-refractivity contribution in [1.29, 1.82) is 0 Å². The van der Waals surface area contributed by atoms with Crippen molar-refractivity contribution in [2.45, 2.75) is 27.9 Å². The monoisotopic (exact) mass is 506 g/mol. The molecule has 2 rings (SSSR count). The van der Waals surface area contributed by atoms with E-state index in [1.54, 1.807) is 12.1 Å². The molecule has 34 heavy (non-hydrogen) atoms. The summed E-state index contributed by atoms with van der Waals surface area (Å²) in [5, 5.41) is -1.89. The number of hydrogen-bond donors (Lipinski definition) is 0. The Labute approximate surface area is 199 Å². The van der Waals surface area contributed by atoms with Crippen molar-refractivity contribution >= 4 is 31.6 Å². The van der Waals surface area contributed by atoms with Crippen LogP contribution < -0.4 is 0 Å². The molecule has 2 aromatic carbocycles. The molecule has 182 valence electrons. The van der Waals surface area contributed by atoms with Crippen LogP contribution >= 0.6 is 0 Å². The first-order valence-electron chi connectivity index (χ1n) is 10.0. The summed E-state index contributed by atoms with van der Waals surface area (Å²) in [5.41, 5.74) is -2.17. The maximum atomic E-state index is 13.7. The highest BCUT2D eigenvalue weighted by Crippen LogP contribution is 2.40. The molecule has 0 fully saturated rings. The maximum absolute atomic E-state index is 13.7. The number of carbonyl (C=O) groups excluding carboxylic acids is 2. The fourth-order valence-electron chi connectivity index (χ4n) is 3.55. The number of rotatable bonds is 11. The number of methoxy groups -OCH3 is 2. The standard InChI is InChI=1S/C24H26O8S2/c1-5-16-24(22(25)31-3,23(26)32-4)17-21(34(29,30)20-14-10-7-11-15-20)18(2)33(27,28)19-12-8-6-9-13-19/h5-15,21H,1-2,16-17H2,3-4H3. The summed E-state index contributed by atoms with van der Waals surface area (Å²) in [4.78, 5) is 24.6. The van der Waals surface area contributed by atoms with E-state index in [2.05, 4.69) is 13.2 Å². The third-order valence-corrected chi connectivity index (χ3v) is 9.53. The predicted molar refractivity (Wildman–Crippen MR) is 126 cm³/mol. The van der Waals surface area contributed by atoms with Crippen LogP contribution in [-0.2, 0) is 38.7 Å². The van der Waals surface area contributed by atoms with Gasteiger partial charge in [0.15, 0.2) is 15.3 Å². The minimum absolute atomic E-state index is 0.182. The van der Waals surface area contributed by atoms with Crippen LogP contribution in [0.3, 0.4) is 0 Å². The van der Waals surface area contributed by atoms with Crippen molar-refractivity contribution in [2.24, 2.45) is 5.41 Å². The number of hydrogen-bond acceptors (Lipinski definition) is 8. The number of esters is 2. The van der Waals surface area contributed by atoms with E-state index in [-0.39, 0.29) is 16.2 Å². The van der Waals surface area contributed by atoms with Gasteiger partial charge in [-0.05, 0) is 37.1 Å². The van der Waals surface area contributed by atoms with Gasteiger partial charge in [0.05, 0.1) is 28.9 Å². The molecule has 2 aromatic rings. The van der Waals surface area contributed by atoms with Gasteiger partial charge in [0, 0.05) is 0 Å². The Morgan fingerprint density at radius 3 is 1.74 bits per heavy atom. The summed E-state index contributed by atoms with van der Waals surface area (Å²) in [5.74, 6) is -2.17. The second kappa shape index (κ2) is 10.8. The number of carbonyl (C=O) groups is 2. The molecule has 0 radical (unpaired) electrons. The molecule has 0 spiro atoms. The Bertz CT molecular complexity index is 1250. The van der Waals surface area contributed by atoms with E-state index in [4.69, 9.17) is 9.47 Å². The zero-order valence-corrected chi connectivity index (χ0v) is 20.5. The van der Waals surface area contributed by atoms with Gasteiger partial charge in [0.2, 0.25) is 9.84 Å². The Balaban J connectivity index is 2.80. The first kappa shape index (κ1) is 27.0. The van der Waals surface area contributed by atoms with Crippen molar-refractivity contribution in [2.75, 3.05) is 14.2 Å². The molecule has 0 aliphatic carbocycles. The molecule has 1 unspecified atom stereocenters. The van der Waals surface area contributed by atoms with E-state index in [9.17, 15) is 26.4 Å². The van der Waals surface area contributed by atoms with Gasteiger partial charge >= 0.3 is 11.9 Å². The van der Waals surface area contributed by atoms with Crippen LogP contribution in [0.4, 0.5) is 0 Å². The van der Waals surface area contributed by atoms with Gasteiger partial charge in [0.1, 0.15) is 5.25 Å². The lowest BCUT2D eigenvalue weighted by Gasteiger charge is -2.31. The molecule has 0 bridgehead atoms. The fraction of sp³-hybridized carbons (Fsp3) is 0.250. The van der Waals surface area contributed by atoms with Gasteiger partial charge in [-0.1, -0.05) is 49.1 Å². The Morgan fingerprint density at radius 1 is 0.882 bits per heavy atom. The lowest BCUT2D eigenvalue weighted by atomic mass is 9.79. The molecular weight excluding hydrogens is 480 g/mol. The molecule has 0 aromatic heterocycles. The van der Waals surface area contributed by atoms with Crippen molar-refractivity contribution < 1.29 is 35.9 Å². The molecule has 10 heteroatoms. The normalized spacial score (nSPS) is 12.9. The maximum Gasteiger partial charge on any atom is 0.323 e.